The number of aromatic nitrogens is 3. The van der Waals surface area contributed by atoms with Gasteiger partial charge in [-0.3, -0.25) is 4.79 Å². The van der Waals surface area contributed by atoms with E-state index < -0.39 is 10.0 Å². The van der Waals surface area contributed by atoms with E-state index in [0.717, 1.165) is 22.6 Å². The fraction of sp³-hybridized carbons (Fsp3) is 0.500. The molecular formula is C22H29N5O3S2. The summed E-state index contributed by atoms with van der Waals surface area (Å²) in [4.78, 5) is 20.6. The number of hydrogen-bond acceptors (Lipinski definition) is 6. The summed E-state index contributed by atoms with van der Waals surface area (Å²) in [6, 6.07) is 3.79. The van der Waals surface area contributed by atoms with Crippen molar-refractivity contribution >= 4 is 38.3 Å². The predicted octanol–water partition coefficient (Wildman–Crippen LogP) is 3.51. The van der Waals surface area contributed by atoms with Crippen molar-refractivity contribution in [2.45, 2.75) is 52.6 Å². The second-order valence-electron chi connectivity index (χ2n) is 8.74. The fourth-order valence-electron chi connectivity index (χ4n) is 4.23. The average molecular weight is 476 g/mol. The number of carbonyl (C=O) groups excluding carboxylic acids is 1. The Morgan fingerprint density at radius 3 is 2.66 bits per heavy atom. The van der Waals surface area contributed by atoms with Crippen molar-refractivity contribution in [3.63, 3.8) is 0 Å². The fourth-order valence-corrected chi connectivity index (χ4v) is 6.08. The van der Waals surface area contributed by atoms with Gasteiger partial charge in [0.15, 0.2) is 5.65 Å². The van der Waals surface area contributed by atoms with Gasteiger partial charge in [0.05, 0.1) is 29.1 Å². The lowest BCUT2D eigenvalue weighted by Crippen LogP contribution is -2.49. The highest BCUT2D eigenvalue weighted by Gasteiger charge is 2.28. The minimum atomic E-state index is -3.29. The molecule has 172 valence electrons. The summed E-state index contributed by atoms with van der Waals surface area (Å²) < 4.78 is 27.2. The van der Waals surface area contributed by atoms with E-state index in [1.165, 1.54) is 15.4 Å². The van der Waals surface area contributed by atoms with Crippen molar-refractivity contribution in [2.24, 2.45) is 0 Å². The third-order valence-electron chi connectivity index (χ3n) is 5.81. The van der Waals surface area contributed by atoms with Crippen LogP contribution >= 0.6 is 11.3 Å². The summed E-state index contributed by atoms with van der Waals surface area (Å²) in [6.45, 7) is 8.96. The van der Waals surface area contributed by atoms with Crippen LogP contribution in [0.4, 0.5) is 0 Å². The third kappa shape index (κ3) is 4.44. The van der Waals surface area contributed by atoms with Crippen molar-refractivity contribution in [3.05, 3.63) is 33.6 Å². The summed E-state index contributed by atoms with van der Waals surface area (Å²) >= 11 is 1.70. The zero-order chi connectivity index (χ0) is 23.2. The Balaban J connectivity index is 1.74. The highest BCUT2D eigenvalue weighted by atomic mass is 32.2. The maximum Gasteiger partial charge on any atom is 0.252 e. The second-order valence-corrected chi connectivity index (χ2v) is 12.2. The number of carbonyl (C=O) groups is 1. The van der Waals surface area contributed by atoms with Crippen LogP contribution in [0.1, 0.15) is 52.8 Å². The Hall–Kier alpha value is -2.30. The topological polar surface area (TPSA) is 97.2 Å². The molecule has 10 heteroatoms. The number of amides is 1. The van der Waals surface area contributed by atoms with Gasteiger partial charge in [-0.1, -0.05) is 0 Å². The van der Waals surface area contributed by atoms with Gasteiger partial charge in [-0.05, 0) is 52.7 Å². The van der Waals surface area contributed by atoms with Crippen LogP contribution in [0.2, 0.25) is 0 Å². The summed E-state index contributed by atoms with van der Waals surface area (Å²) in [5, 5.41) is 8.23. The number of nitrogens with zero attached hydrogens (tertiary/aromatic N) is 4. The number of fused-ring (bicyclic) bond motifs is 1. The van der Waals surface area contributed by atoms with E-state index in [1.807, 2.05) is 24.6 Å². The number of rotatable bonds is 5. The molecular weight excluding hydrogens is 446 g/mol. The Kier molecular flexibility index (Phi) is 6.12. The van der Waals surface area contributed by atoms with E-state index >= 15 is 0 Å². The summed E-state index contributed by atoms with van der Waals surface area (Å²) in [7, 11) is -3.29. The first kappa shape index (κ1) is 22.9. The van der Waals surface area contributed by atoms with Gasteiger partial charge in [-0.25, -0.2) is 22.4 Å². The monoisotopic (exact) mass is 475 g/mol. The van der Waals surface area contributed by atoms with Crippen LogP contribution in [0, 0.1) is 13.8 Å². The molecule has 0 bridgehead atoms. The molecule has 3 aromatic rings. The molecule has 1 fully saturated rings. The van der Waals surface area contributed by atoms with E-state index in [2.05, 4.69) is 30.3 Å². The number of nitrogens with one attached hydrogen (secondary N) is 1. The van der Waals surface area contributed by atoms with Gasteiger partial charge in [0.25, 0.3) is 5.91 Å². The quantitative estimate of drug-likeness (QED) is 0.609. The van der Waals surface area contributed by atoms with Crippen molar-refractivity contribution in [2.75, 3.05) is 19.3 Å². The van der Waals surface area contributed by atoms with Crippen LogP contribution in [0.5, 0.6) is 0 Å². The van der Waals surface area contributed by atoms with Crippen LogP contribution in [0.15, 0.2) is 18.3 Å². The van der Waals surface area contributed by atoms with Crippen LogP contribution in [-0.4, -0.2) is 58.8 Å². The molecule has 1 atom stereocenters. The molecule has 3 aromatic heterocycles. The largest absolute Gasteiger partial charge is 0.348 e. The Morgan fingerprint density at radius 2 is 2.03 bits per heavy atom. The lowest BCUT2D eigenvalue weighted by Gasteiger charge is -2.31. The molecule has 4 rings (SSSR count). The SMILES string of the molecule is Cc1cc(-c2cc(C(=O)NC3CCCN(S(C)(=O)=O)C3)c3cnn(C(C)C)c3n2)c(C)s1. The van der Waals surface area contributed by atoms with Gasteiger partial charge < -0.3 is 5.32 Å². The Labute approximate surface area is 192 Å². The van der Waals surface area contributed by atoms with E-state index in [1.54, 1.807) is 17.5 Å². The number of pyridine rings is 1. The average Bonchev–Trinajstić information content (AvgIpc) is 3.29. The summed E-state index contributed by atoms with van der Waals surface area (Å²) in [5.74, 6) is -0.230. The number of hydrogen-bond donors (Lipinski definition) is 1. The van der Waals surface area contributed by atoms with Crippen molar-refractivity contribution in [3.8, 4) is 11.3 Å². The van der Waals surface area contributed by atoms with Crippen molar-refractivity contribution in [1.82, 2.24) is 24.4 Å². The highest BCUT2D eigenvalue weighted by Crippen LogP contribution is 2.32. The molecule has 1 aliphatic heterocycles. The van der Waals surface area contributed by atoms with E-state index in [-0.39, 0.29) is 18.0 Å². The first-order valence-corrected chi connectivity index (χ1v) is 13.4. The smallest absolute Gasteiger partial charge is 0.252 e. The minimum absolute atomic E-state index is 0.0955. The summed E-state index contributed by atoms with van der Waals surface area (Å²) in [6.07, 6.45) is 4.36. The van der Waals surface area contributed by atoms with Crippen LogP contribution in [0.3, 0.4) is 0 Å². The molecule has 1 saturated heterocycles. The molecule has 0 radical (unpaired) electrons. The molecule has 8 nitrogen and oxygen atoms in total. The Bertz CT molecular complexity index is 1280. The van der Waals surface area contributed by atoms with E-state index in [4.69, 9.17) is 4.98 Å². The molecule has 32 heavy (non-hydrogen) atoms. The Morgan fingerprint density at radius 1 is 1.28 bits per heavy atom. The lowest BCUT2D eigenvalue weighted by atomic mass is 10.0. The van der Waals surface area contributed by atoms with Crippen molar-refractivity contribution < 1.29 is 13.2 Å². The maximum absolute atomic E-state index is 13.4. The molecule has 0 saturated carbocycles. The van der Waals surface area contributed by atoms with Gasteiger partial charge in [0.2, 0.25) is 10.0 Å². The molecule has 0 aliphatic carbocycles. The van der Waals surface area contributed by atoms with Crippen LogP contribution in [0.25, 0.3) is 22.3 Å². The van der Waals surface area contributed by atoms with E-state index in [0.29, 0.717) is 36.1 Å². The molecule has 1 amide bonds. The zero-order valence-electron chi connectivity index (χ0n) is 19.0. The van der Waals surface area contributed by atoms with Gasteiger partial charge in [-0.2, -0.15) is 5.10 Å². The first-order valence-electron chi connectivity index (χ1n) is 10.8. The molecule has 1 aliphatic rings. The zero-order valence-corrected chi connectivity index (χ0v) is 20.7. The standard InChI is InChI=1S/C22H29N5O3S2/c1-13(2)27-21-19(11-23-27)18(10-20(25-21)17-9-14(3)31-15(17)4)22(28)24-16-7-6-8-26(12-16)32(5,29)30/h9-11,13,16H,6-8,12H2,1-5H3,(H,24,28). The molecule has 1 N–H and O–H groups in total. The normalized spacial score (nSPS) is 17.9. The number of piperidine rings is 1. The summed E-state index contributed by atoms with van der Waals surface area (Å²) in [5.41, 5.74) is 2.94. The van der Waals surface area contributed by atoms with E-state index in [9.17, 15) is 13.2 Å². The van der Waals surface area contributed by atoms with Gasteiger partial charge in [-0.15, -0.1) is 11.3 Å². The molecule has 0 aromatic carbocycles. The number of sulfonamides is 1. The minimum Gasteiger partial charge on any atom is -0.348 e. The van der Waals surface area contributed by atoms with Crippen LogP contribution < -0.4 is 5.32 Å². The molecule has 1 unspecified atom stereocenters. The second kappa shape index (κ2) is 8.57. The maximum atomic E-state index is 13.4. The van der Waals surface area contributed by atoms with Gasteiger partial charge >= 0.3 is 0 Å². The highest BCUT2D eigenvalue weighted by molar-refractivity contribution is 7.88. The molecule has 0 spiro atoms. The van der Waals surface area contributed by atoms with Crippen molar-refractivity contribution in [1.29, 1.82) is 0 Å². The first-order chi connectivity index (χ1) is 15.0. The van der Waals surface area contributed by atoms with Gasteiger partial charge in [0.1, 0.15) is 0 Å². The third-order valence-corrected chi connectivity index (χ3v) is 8.04. The number of aryl methyl sites for hydroxylation is 2. The molecule has 4 heterocycles. The lowest BCUT2D eigenvalue weighted by molar-refractivity contribution is 0.0923. The predicted molar refractivity (Wildman–Crippen MR) is 128 cm³/mol. The van der Waals surface area contributed by atoms with Gasteiger partial charge in [0, 0.05) is 40.5 Å². The number of thiophene rings is 1. The van der Waals surface area contributed by atoms with Crippen LogP contribution in [-0.2, 0) is 10.0 Å².